The summed E-state index contributed by atoms with van der Waals surface area (Å²) in [6, 6.07) is 19.1. The van der Waals surface area contributed by atoms with E-state index >= 15 is 0 Å². The molecule has 7 nitrogen and oxygen atoms in total. The first-order chi connectivity index (χ1) is 16.0. The van der Waals surface area contributed by atoms with Gasteiger partial charge in [-0.2, -0.15) is 5.10 Å². The normalized spacial score (nSPS) is 13.8. The van der Waals surface area contributed by atoms with Crippen LogP contribution in [-0.4, -0.2) is 33.1 Å². The number of pyridine rings is 1. The van der Waals surface area contributed by atoms with E-state index in [1.54, 1.807) is 11.1 Å². The molecule has 1 saturated heterocycles. The highest BCUT2D eigenvalue weighted by molar-refractivity contribution is 6.13. The molecule has 0 bridgehead atoms. The van der Waals surface area contributed by atoms with Crippen LogP contribution in [0.1, 0.15) is 43.1 Å². The number of hydrogen-bond donors (Lipinski definition) is 1. The van der Waals surface area contributed by atoms with Gasteiger partial charge >= 0.3 is 0 Å². The van der Waals surface area contributed by atoms with E-state index in [0.29, 0.717) is 40.9 Å². The molecule has 0 saturated carbocycles. The maximum Gasteiger partial charge on any atom is 0.256 e. The van der Waals surface area contributed by atoms with Crippen molar-refractivity contribution in [1.82, 2.24) is 14.8 Å². The number of anilines is 2. The predicted molar refractivity (Wildman–Crippen MR) is 129 cm³/mol. The van der Waals surface area contributed by atoms with Crippen LogP contribution in [0, 0.1) is 0 Å². The van der Waals surface area contributed by atoms with Crippen molar-refractivity contribution in [3.05, 3.63) is 72.4 Å². The van der Waals surface area contributed by atoms with Crippen molar-refractivity contribution in [3.63, 3.8) is 0 Å². The SMILES string of the molecule is CC(C)n1ncc2c(C(=O)Nc3cccc(N4CCCC4=O)c3)cc(-c3ccccc3)nc21. The summed E-state index contributed by atoms with van der Waals surface area (Å²) in [6.45, 7) is 4.78. The summed E-state index contributed by atoms with van der Waals surface area (Å²) in [6.07, 6.45) is 3.12. The van der Waals surface area contributed by atoms with Crippen LogP contribution in [0.2, 0.25) is 0 Å². The number of carbonyl (C=O) groups excluding carboxylic acids is 2. The average molecular weight is 440 g/mol. The maximum absolute atomic E-state index is 13.4. The van der Waals surface area contributed by atoms with Crippen LogP contribution in [0.4, 0.5) is 11.4 Å². The van der Waals surface area contributed by atoms with Gasteiger partial charge in [0.2, 0.25) is 5.91 Å². The zero-order valence-corrected chi connectivity index (χ0v) is 18.7. The lowest BCUT2D eigenvalue weighted by Crippen LogP contribution is -2.23. The Bertz CT molecular complexity index is 1340. The standard InChI is InChI=1S/C26H25N5O2/c1-17(2)31-25-22(16-27-31)21(15-23(29-25)18-8-4-3-5-9-18)26(33)28-19-10-6-11-20(14-19)30-13-7-12-24(30)32/h3-6,8-11,14-17H,7,12-13H2,1-2H3,(H,28,33). The van der Waals surface area contributed by atoms with E-state index in [2.05, 4.69) is 10.4 Å². The smallest absolute Gasteiger partial charge is 0.256 e. The highest BCUT2D eigenvalue weighted by atomic mass is 16.2. The number of nitrogens with zero attached hydrogens (tertiary/aromatic N) is 4. The van der Waals surface area contributed by atoms with Crippen LogP contribution < -0.4 is 10.2 Å². The monoisotopic (exact) mass is 439 g/mol. The maximum atomic E-state index is 13.4. The number of fused-ring (bicyclic) bond motifs is 1. The van der Waals surface area contributed by atoms with Crippen molar-refractivity contribution in [1.29, 1.82) is 0 Å². The number of nitrogens with one attached hydrogen (secondary N) is 1. The van der Waals surface area contributed by atoms with Gasteiger partial charge in [0.15, 0.2) is 5.65 Å². The molecule has 0 aliphatic carbocycles. The zero-order valence-electron chi connectivity index (χ0n) is 18.7. The largest absolute Gasteiger partial charge is 0.322 e. The van der Waals surface area contributed by atoms with Gasteiger partial charge in [-0.15, -0.1) is 0 Å². The van der Waals surface area contributed by atoms with E-state index < -0.39 is 0 Å². The third-order valence-corrected chi connectivity index (χ3v) is 5.86. The summed E-state index contributed by atoms with van der Waals surface area (Å²) in [5.41, 5.74) is 4.26. The summed E-state index contributed by atoms with van der Waals surface area (Å²) in [5.74, 6) is -0.129. The Labute approximate surface area is 192 Å². The Kier molecular flexibility index (Phi) is 5.38. The first-order valence-corrected chi connectivity index (χ1v) is 11.2. The second-order valence-corrected chi connectivity index (χ2v) is 8.49. The van der Waals surface area contributed by atoms with Crippen molar-refractivity contribution >= 4 is 34.2 Å². The molecule has 1 N–H and O–H groups in total. The van der Waals surface area contributed by atoms with E-state index in [0.717, 1.165) is 17.7 Å². The second-order valence-electron chi connectivity index (χ2n) is 8.49. The van der Waals surface area contributed by atoms with Crippen molar-refractivity contribution in [2.45, 2.75) is 32.7 Å². The van der Waals surface area contributed by atoms with Crippen molar-refractivity contribution in [2.24, 2.45) is 0 Å². The molecule has 0 radical (unpaired) electrons. The molecule has 166 valence electrons. The lowest BCUT2D eigenvalue weighted by molar-refractivity contribution is -0.117. The number of amides is 2. The van der Waals surface area contributed by atoms with Crippen LogP contribution in [0.5, 0.6) is 0 Å². The van der Waals surface area contributed by atoms with E-state index in [4.69, 9.17) is 4.98 Å². The summed E-state index contributed by atoms with van der Waals surface area (Å²) >= 11 is 0. The van der Waals surface area contributed by atoms with Crippen LogP contribution in [-0.2, 0) is 4.79 Å². The molecule has 1 aliphatic heterocycles. The lowest BCUT2D eigenvalue weighted by atomic mass is 10.1. The van der Waals surface area contributed by atoms with Crippen LogP contribution in [0.3, 0.4) is 0 Å². The fraction of sp³-hybridized carbons (Fsp3) is 0.231. The first-order valence-electron chi connectivity index (χ1n) is 11.2. The topological polar surface area (TPSA) is 80.1 Å². The second kappa shape index (κ2) is 8.50. The predicted octanol–water partition coefficient (Wildman–Crippen LogP) is 5.06. The molecule has 1 fully saturated rings. The highest BCUT2D eigenvalue weighted by Crippen LogP contribution is 2.28. The number of rotatable bonds is 5. The Morgan fingerprint density at radius 2 is 1.88 bits per heavy atom. The van der Waals surface area contributed by atoms with Gasteiger partial charge in [-0.1, -0.05) is 36.4 Å². The molecule has 5 rings (SSSR count). The minimum absolute atomic E-state index is 0.103. The lowest BCUT2D eigenvalue weighted by Gasteiger charge is -2.17. The summed E-state index contributed by atoms with van der Waals surface area (Å²) in [5, 5.41) is 8.19. The number of aromatic nitrogens is 3. The van der Waals surface area contributed by atoms with Crippen LogP contribution >= 0.6 is 0 Å². The van der Waals surface area contributed by atoms with E-state index in [-0.39, 0.29) is 17.9 Å². The van der Waals surface area contributed by atoms with E-state index in [9.17, 15) is 9.59 Å². The molecular weight excluding hydrogens is 414 g/mol. The average Bonchev–Trinajstić information content (AvgIpc) is 3.45. The van der Waals surface area contributed by atoms with E-state index in [1.165, 1.54) is 0 Å². The fourth-order valence-corrected chi connectivity index (χ4v) is 4.21. The van der Waals surface area contributed by atoms with Gasteiger partial charge in [0.1, 0.15) is 0 Å². The van der Waals surface area contributed by atoms with Crippen LogP contribution in [0.25, 0.3) is 22.3 Å². The Balaban J connectivity index is 1.54. The van der Waals surface area contributed by atoms with Crippen molar-refractivity contribution in [2.75, 3.05) is 16.8 Å². The molecule has 2 aromatic heterocycles. The minimum atomic E-state index is -0.243. The number of carbonyl (C=O) groups is 2. The molecule has 3 heterocycles. The quantitative estimate of drug-likeness (QED) is 0.471. The molecule has 0 spiro atoms. The minimum Gasteiger partial charge on any atom is -0.322 e. The van der Waals surface area contributed by atoms with Gasteiger partial charge in [0.25, 0.3) is 5.91 Å². The van der Waals surface area contributed by atoms with Gasteiger partial charge < -0.3 is 10.2 Å². The number of benzene rings is 2. The Hall–Kier alpha value is -4.00. The van der Waals surface area contributed by atoms with E-state index in [1.807, 2.05) is 79.2 Å². The Morgan fingerprint density at radius 3 is 2.61 bits per heavy atom. The first kappa shape index (κ1) is 20.9. The molecule has 0 atom stereocenters. The molecule has 1 aliphatic rings. The molecule has 4 aromatic rings. The molecule has 7 heteroatoms. The van der Waals surface area contributed by atoms with Gasteiger partial charge in [0, 0.05) is 35.9 Å². The molecule has 2 aromatic carbocycles. The molecule has 33 heavy (non-hydrogen) atoms. The third-order valence-electron chi connectivity index (χ3n) is 5.86. The third kappa shape index (κ3) is 3.98. The van der Waals surface area contributed by atoms with Crippen molar-refractivity contribution < 1.29 is 9.59 Å². The van der Waals surface area contributed by atoms with Crippen molar-refractivity contribution in [3.8, 4) is 11.3 Å². The van der Waals surface area contributed by atoms with Gasteiger partial charge in [-0.05, 0) is 44.5 Å². The Morgan fingerprint density at radius 1 is 1.06 bits per heavy atom. The molecule has 0 unspecified atom stereocenters. The summed E-state index contributed by atoms with van der Waals surface area (Å²) in [7, 11) is 0. The highest BCUT2D eigenvalue weighted by Gasteiger charge is 2.22. The summed E-state index contributed by atoms with van der Waals surface area (Å²) in [4.78, 5) is 32.2. The molecular formula is C26H25N5O2. The zero-order chi connectivity index (χ0) is 22.9. The summed E-state index contributed by atoms with van der Waals surface area (Å²) < 4.78 is 1.83. The van der Waals surface area contributed by atoms with Crippen LogP contribution in [0.15, 0.2) is 66.9 Å². The van der Waals surface area contributed by atoms with Gasteiger partial charge in [-0.25, -0.2) is 9.67 Å². The molecule has 2 amide bonds. The van der Waals surface area contributed by atoms with Gasteiger partial charge in [-0.3, -0.25) is 9.59 Å². The number of hydrogen-bond acceptors (Lipinski definition) is 4. The van der Waals surface area contributed by atoms with Gasteiger partial charge in [0.05, 0.1) is 22.8 Å². The fourth-order valence-electron chi connectivity index (χ4n) is 4.21.